The minimum atomic E-state index is 0.224. The number of halogens is 2. The molecule has 0 aliphatic rings. The van der Waals surface area contributed by atoms with Crippen molar-refractivity contribution >= 4 is 23.2 Å². The van der Waals surface area contributed by atoms with Gasteiger partial charge >= 0.3 is 0 Å². The fraction of sp³-hybridized carbons (Fsp3) is 0.333. The van der Waals surface area contributed by atoms with E-state index in [1.165, 1.54) is 11.1 Å². The monoisotopic (exact) mass is 321 g/mol. The highest BCUT2D eigenvalue weighted by Gasteiger charge is 2.13. The Kier molecular flexibility index (Phi) is 5.69. The molecule has 0 amide bonds. The van der Waals surface area contributed by atoms with E-state index in [9.17, 15) is 0 Å². The van der Waals surface area contributed by atoms with Crippen molar-refractivity contribution in [2.75, 3.05) is 7.05 Å². The Bertz CT molecular complexity index is 591. The van der Waals surface area contributed by atoms with Gasteiger partial charge in [0.05, 0.1) is 0 Å². The quantitative estimate of drug-likeness (QED) is 0.753. The van der Waals surface area contributed by atoms with E-state index >= 15 is 0 Å². The second-order valence-corrected chi connectivity index (χ2v) is 6.45. The first-order valence-corrected chi connectivity index (χ1v) is 7.98. The fourth-order valence-corrected chi connectivity index (χ4v) is 2.81. The summed E-state index contributed by atoms with van der Waals surface area (Å²) in [5.41, 5.74) is 3.68. The maximum atomic E-state index is 6.27. The van der Waals surface area contributed by atoms with Crippen LogP contribution in [0, 0.1) is 0 Å². The molecule has 1 atom stereocenters. The molecule has 3 heteroatoms. The highest BCUT2D eigenvalue weighted by atomic mass is 35.5. The van der Waals surface area contributed by atoms with Gasteiger partial charge < -0.3 is 5.32 Å². The van der Waals surface area contributed by atoms with Gasteiger partial charge in [0.2, 0.25) is 0 Å². The van der Waals surface area contributed by atoms with E-state index in [4.69, 9.17) is 23.2 Å². The van der Waals surface area contributed by atoms with Crippen molar-refractivity contribution in [3.8, 4) is 0 Å². The van der Waals surface area contributed by atoms with E-state index in [1.807, 2.05) is 25.2 Å². The summed E-state index contributed by atoms with van der Waals surface area (Å²) in [6, 6.07) is 14.6. The third-order valence-electron chi connectivity index (χ3n) is 3.79. The molecule has 1 unspecified atom stereocenters. The van der Waals surface area contributed by atoms with Crippen molar-refractivity contribution in [3.63, 3.8) is 0 Å². The van der Waals surface area contributed by atoms with Crippen molar-refractivity contribution in [1.82, 2.24) is 5.32 Å². The van der Waals surface area contributed by atoms with Gasteiger partial charge in [0.1, 0.15) is 0 Å². The standard InChI is InChI=1S/C18H21Cl2N/c1-12(2)13-4-6-14(7-5-13)18(21-3)11-15-10-16(19)8-9-17(15)20/h4-10,12,18,21H,11H2,1-3H3. The molecule has 1 nitrogen and oxygen atoms in total. The van der Waals surface area contributed by atoms with E-state index in [2.05, 4.69) is 43.4 Å². The molecule has 0 aliphatic carbocycles. The maximum absolute atomic E-state index is 6.27. The maximum Gasteiger partial charge on any atom is 0.0439 e. The van der Waals surface area contributed by atoms with Crippen LogP contribution in [0.25, 0.3) is 0 Å². The number of nitrogens with one attached hydrogen (secondary N) is 1. The Labute approximate surface area is 137 Å². The predicted molar refractivity (Wildman–Crippen MR) is 92.5 cm³/mol. The molecule has 21 heavy (non-hydrogen) atoms. The van der Waals surface area contributed by atoms with Crippen molar-refractivity contribution in [1.29, 1.82) is 0 Å². The molecule has 0 radical (unpaired) electrons. The van der Waals surface area contributed by atoms with Gasteiger partial charge in [-0.05, 0) is 54.3 Å². The normalized spacial score (nSPS) is 12.7. The third kappa shape index (κ3) is 4.23. The molecule has 0 bridgehead atoms. The first kappa shape index (κ1) is 16.4. The van der Waals surface area contributed by atoms with Gasteiger partial charge in [-0.1, -0.05) is 61.3 Å². The van der Waals surface area contributed by atoms with E-state index in [1.54, 1.807) is 0 Å². The van der Waals surface area contributed by atoms with Crippen LogP contribution in [0.1, 0.15) is 42.5 Å². The Morgan fingerprint density at radius 3 is 2.14 bits per heavy atom. The topological polar surface area (TPSA) is 12.0 Å². The smallest absolute Gasteiger partial charge is 0.0439 e. The van der Waals surface area contributed by atoms with Gasteiger partial charge in [0, 0.05) is 16.1 Å². The Morgan fingerprint density at radius 2 is 1.57 bits per heavy atom. The van der Waals surface area contributed by atoms with Crippen molar-refractivity contribution < 1.29 is 0 Å². The molecule has 1 N–H and O–H groups in total. The summed E-state index contributed by atoms with van der Waals surface area (Å²) in [5.74, 6) is 0.550. The molecule has 0 aliphatic heterocycles. The highest BCUT2D eigenvalue weighted by molar-refractivity contribution is 6.33. The number of rotatable bonds is 5. The van der Waals surface area contributed by atoms with E-state index < -0.39 is 0 Å². The molecular formula is C18H21Cl2N. The number of hydrogen-bond acceptors (Lipinski definition) is 1. The van der Waals surface area contributed by atoms with Gasteiger partial charge in [-0.25, -0.2) is 0 Å². The zero-order chi connectivity index (χ0) is 15.4. The lowest BCUT2D eigenvalue weighted by atomic mass is 9.95. The fourth-order valence-electron chi connectivity index (χ4n) is 2.42. The molecule has 0 saturated carbocycles. The largest absolute Gasteiger partial charge is 0.313 e. The van der Waals surface area contributed by atoms with Crippen LogP contribution in [0.5, 0.6) is 0 Å². The van der Waals surface area contributed by atoms with Crippen LogP contribution in [-0.4, -0.2) is 7.05 Å². The molecule has 2 aromatic rings. The molecular weight excluding hydrogens is 301 g/mol. The summed E-state index contributed by atoms with van der Waals surface area (Å²) in [6.45, 7) is 4.41. The highest BCUT2D eigenvalue weighted by Crippen LogP contribution is 2.27. The van der Waals surface area contributed by atoms with Crippen molar-refractivity contribution in [2.45, 2.75) is 32.2 Å². The predicted octanol–water partition coefficient (Wildman–Crippen LogP) is 5.62. The minimum absolute atomic E-state index is 0.224. The number of benzene rings is 2. The molecule has 112 valence electrons. The summed E-state index contributed by atoms with van der Waals surface area (Å²) >= 11 is 12.3. The van der Waals surface area contributed by atoms with Gasteiger partial charge in [-0.15, -0.1) is 0 Å². The number of likely N-dealkylation sites (N-methyl/N-ethyl adjacent to an activating group) is 1. The molecule has 2 aromatic carbocycles. The second kappa shape index (κ2) is 7.31. The Morgan fingerprint density at radius 1 is 0.952 bits per heavy atom. The van der Waals surface area contributed by atoms with Gasteiger partial charge in [0.15, 0.2) is 0 Å². The zero-order valence-electron chi connectivity index (χ0n) is 12.7. The molecule has 0 fully saturated rings. The van der Waals surface area contributed by atoms with E-state index in [-0.39, 0.29) is 6.04 Å². The van der Waals surface area contributed by atoms with Gasteiger partial charge in [0.25, 0.3) is 0 Å². The SMILES string of the molecule is CNC(Cc1cc(Cl)ccc1Cl)c1ccc(C(C)C)cc1. The summed E-state index contributed by atoms with van der Waals surface area (Å²) < 4.78 is 0. The van der Waals surface area contributed by atoms with Crippen LogP contribution in [0.4, 0.5) is 0 Å². The van der Waals surface area contributed by atoms with E-state index in [0.717, 1.165) is 22.0 Å². The Balaban J connectivity index is 2.21. The van der Waals surface area contributed by atoms with Crippen LogP contribution in [0.15, 0.2) is 42.5 Å². The molecule has 0 heterocycles. The molecule has 0 saturated heterocycles. The van der Waals surface area contributed by atoms with Crippen molar-refractivity contribution in [3.05, 3.63) is 69.2 Å². The summed E-state index contributed by atoms with van der Waals surface area (Å²) in [4.78, 5) is 0. The van der Waals surface area contributed by atoms with Gasteiger partial charge in [-0.3, -0.25) is 0 Å². The van der Waals surface area contributed by atoms with E-state index in [0.29, 0.717) is 5.92 Å². The zero-order valence-corrected chi connectivity index (χ0v) is 14.2. The number of hydrogen-bond donors (Lipinski definition) is 1. The van der Waals surface area contributed by atoms with Crippen LogP contribution in [-0.2, 0) is 6.42 Å². The lowest BCUT2D eigenvalue weighted by Crippen LogP contribution is -2.19. The van der Waals surface area contributed by atoms with Crippen LogP contribution in [0.2, 0.25) is 10.0 Å². The van der Waals surface area contributed by atoms with Gasteiger partial charge in [-0.2, -0.15) is 0 Å². The summed E-state index contributed by atoms with van der Waals surface area (Å²) in [6.07, 6.45) is 0.816. The summed E-state index contributed by atoms with van der Waals surface area (Å²) in [7, 11) is 1.97. The van der Waals surface area contributed by atoms with Crippen LogP contribution < -0.4 is 5.32 Å². The first-order valence-electron chi connectivity index (χ1n) is 7.22. The van der Waals surface area contributed by atoms with Crippen LogP contribution in [0.3, 0.4) is 0 Å². The second-order valence-electron chi connectivity index (χ2n) is 5.60. The average molecular weight is 322 g/mol. The molecule has 2 rings (SSSR count). The molecule has 0 spiro atoms. The Hall–Kier alpha value is -1.02. The van der Waals surface area contributed by atoms with Crippen molar-refractivity contribution in [2.24, 2.45) is 0 Å². The first-order chi connectivity index (χ1) is 10.0. The summed E-state index contributed by atoms with van der Waals surface area (Å²) in [5, 5.41) is 4.84. The molecule has 0 aromatic heterocycles. The lowest BCUT2D eigenvalue weighted by Gasteiger charge is -2.18. The minimum Gasteiger partial charge on any atom is -0.313 e. The average Bonchev–Trinajstić information content (AvgIpc) is 2.48. The lowest BCUT2D eigenvalue weighted by molar-refractivity contribution is 0.592. The van der Waals surface area contributed by atoms with Crippen LogP contribution >= 0.6 is 23.2 Å². The third-order valence-corrected chi connectivity index (χ3v) is 4.39.